The van der Waals surface area contributed by atoms with Gasteiger partial charge in [-0.1, -0.05) is 51.8 Å². The number of ether oxygens (including phenoxy) is 1. The summed E-state index contributed by atoms with van der Waals surface area (Å²) in [5.41, 5.74) is 2.91. The first-order valence-electron chi connectivity index (χ1n) is 7.64. The third-order valence-electron chi connectivity index (χ3n) is 3.48. The molecule has 0 saturated heterocycles. The Kier molecular flexibility index (Phi) is 5.46. The number of hydrogen-bond donors (Lipinski definition) is 0. The van der Waals surface area contributed by atoms with Crippen LogP contribution < -0.4 is 0 Å². The lowest BCUT2D eigenvalue weighted by molar-refractivity contribution is 0.0520. The molecule has 126 valence electrons. The number of aromatic nitrogens is 2. The fraction of sp³-hybridized carbons (Fsp3) is 0.105. The summed E-state index contributed by atoms with van der Waals surface area (Å²) in [5, 5.41) is 0.610. The van der Waals surface area contributed by atoms with Crippen LogP contribution in [0.1, 0.15) is 17.4 Å². The molecule has 2 aromatic carbocycles. The van der Waals surface area contributed by atoms with Gasteiger partial charge in [0.05, 0.1) is 18.5 Å². The second-order valence-electron chi connectivity index (χ2n) is 5.19. The third kappa shape index (κ3) is 4.06. The predicted molar refractivity (Wildman–Crippen MR) is 102 cm³/mol. The van der Waals surface area contributed by atoms with E-state index in [2.05, 4.69) is 25.9 Å². The molecule has 0 atom stereocenters. The van der Waals surface area contributed by atoms with Crippen LogP contribution in [0.5, 0.6) is 0 Å². The Balaban J connectivity index is 2.14. The first-order chi connectivity index (χ1) is 12.1. The van der Waals surface area contributed by atoms with Gasteiger partial charge in [-0.25, -0.2) is 14.8 Å². The summed E-state index contributed by atoms with van der Waals surface area (Å²) in [5.74, 6) is -0.495. The Hall–Kier alpha value is -2.24. The van der Waals surface area contributed by atoms with Gasteiger partial charge in [-0.05, 0) is 31.2 Å². The van der Waals surface area contributed by atoms with Gasteiger partial charge in [0.15, 0.2) is 5.69 Å². The van der Waals surface area contributed by atoms with E-state index in [4.69, 9.17) is 16.3 Å². The SMILES string of the molecule is CCOC(=O)c1ncc(-c2cccc(Cl)c2)nc1-c1ccc(Br)cc1. The molecule has 0 aliphatic heterocycles. The molecule has 1 aromatic heterocycles. The van der Waals surface area contributed by atoms with Crippen molar-refractivity contribution < 1.29 is 9.53 Å². The molecule has 0 radical (unpaired) electrons. The van der Waals surface area contributed by atoms with Crippen molar-refractivity contribution in [1.29, 1.82) is 0 Å². The Labute approximate surface area is 159 Å². The van der Waals surface area contributed by atoms with Gasteiger partial charge in [0, 0.05) is 20.6 Å². The van der Waals surface area contributed by atoms with Crippen molar-refractivity contribution in [2.45, 2.75) is 6.92 Å². The van der Waals surface area contributed by atoms with Crippen molar-refractivity contribution in [1.82, 2.24) is 9.97 Å². The minimum Gasteiger partial charge on any atom is -0.461 e. The highest BCUT2D eigenvalue weighted by Gasteiger charge is 2.18. The number of carbonyl (C=O) groups excluding carboxylic acids is 1. The molecule has 4 nitrogen and oxygen atoms in total. The van der Waals surface area contributed by atoms with Crippen LogP contribution in [0.4, 0.5) is 0 Å². The normalized spacial score (nSPS) is 10.5. The van der Waals surface area contributed by atoms with E-state index in [-0.39, 0.29) is 12.3 Å². The Morgan fingerprint density at radius 1 is 1.16 bits per heavy atom. The maximum Gasteiger partial charge on any atom is 0.359 e. The molecule has 0 aliphatic rings. The van der Waals surface area contributed by atoms with Crippen LogP contribution in [0, 0.1) is 0 Å². The molecule has 0 fully saturated rings. The maximum atomic E-state index is 12.3. The van der Waals surface area contributed by atoms with E-state index in [9.17, 15) is 4.79 Å². The lowest BCUT2D eigenvalue weighted by Gasteiger charge is -2.10. The van der Waals surface area contributed by atoms with E-state index in [1.54, 1.807) is 25.3 Å². The highest BCUT2D eigenvalue weighted by Crippen LogP contribution is 2.27. The molecule has 0 amide bonds. The standard InChI is InChI=1S/C19H14BrClN2O2/c1-2-25-19(24)18-17(12-6-8-14(20)9-7-12)23-16(11-22-18)13-4-3-5-15(21)10-13/h3-11H,2H2,1H3. The van der Waals surface area contributed by atoms with Crippen LogP contribution in [0.25, 0.3) is 22.5 Å². The maximum absolute atomic E-state index is 12.3. The van der Waals surface area contributed by atoms with Crippen molar-refractivity contribution in [2.75, 3.05) is 6.61 Å². The summed E-state index contributed by atoms with van der Waals surface area (Å²) >= 11 is 9.47. The average molecular weight is 418 g/mol. The number of rotatable bonds is 4. The molecule has 0 aliphatic carbocycles. The highest BCUT2D eigenvalue weighted by atomic mass is 79.9. The fourth-order valence-corrected chi connectivity index (χ4v) is 2.79. The summed E-state index contributed by atoms with van der Waals surface area (Å²) in [4.78, 5) is 21.2. The minimum absolute atomic E-state index is 0.190. The molecule has 1 heterocycles. The van der Waals surface area contributed by atoms with Crippen molar-refractivity contribution in [3.63, 3.8) is 0 Å². The van der Waals surface area contributed by atoms with Gasteiger partial charge in [-0.2, -0.15) is 0 Å². The zero-order chi connectivity index (χ0) is 17.8. The van der Waals surface area contributed by atoms with Gasteiger partial charge in [-0.15, -0.1) is 0 Å². The first kappa shape index (κ1) is 17.6. The topological polar surface area (TPSA) is 52.1 Å². The van der Waals surface area contributed by atoms with Crippen LogP contribution in [0.3, 0.4) is 0 Å². The minimum atomic E-state index is -0.495. The molecule has 25 heavy (non-hydrogen) atoms. The molecule has 3 aromatic rings. The number of halogens is 2. The zero-order valence-corrected chi connectivity index (χ0v) is 15.7. The predicted octanol–water partition coefficient (Wildman–Crippen LogP) is 5.40. The van der Waals surface area contributed by atoms with E-state index in [0.29, 0.717) is 16.4 Å². The number of hydrogen-bond acceptors (Lipinski definition) is 4. The smallest absolute Gasteiger partial charge is 0.359 e. The number of benzene rings is 2. The molecule has 0 spiro atoms. The molecule has 0 bridgehead atoms. The molecular formula is C19H14BrClN2O2. The van der Waals surface area contributed by atoms with Crippen LogP contribution in [0.2, 0.25) is 5.02 Å². The second-order valence-corrected chi connectivity index (χ2v) is 6.54. The third-order valence-corrected chi connectivity index (χ3v) is 4.24. The fourth-order valence-electron chi connectivity index (χ4n) is 2.33. The molecule has 6 heteroatoms. The van der Waals surface area contributed by atoms with E-state index in [0.717, 1.165) is 15.6 Å². The van der Waals surface area contributed by atoms with Gasteiger partial charge < -0.3 is 4.74 Å². The monoisotopic (exact) mass is 416 g/mol. The lowest BCUT2D eigenvalue weighted by Crippen LogP contribution is -2.10. The van der Waals surface area contributed by atoms with Crippen molar-refractivity contribution in [2.24, 2.45) is 0 Å². The molecule has 0 saturated carbocycles. The summed E-state index contributed by atoms with van der Waals surface area (Å²) in [6.07, 6.45) is 1.56. The van der Waals surface area contributed by atoms with Gasteiger partial charge in [-0.3, -0.25) is 0 Å². The molecule has 0 unspecified atom stereocenters. The van der Waals surface area contributed by atoms with E-state index < -0.39 is 5.97 Å². The van der Waals surface area contributed by atoms with Gasteiger partial charge in [0.1, 0.15) is 5.69 Å². The molecule has 0 N–H and O–H groups in total. The van der Waals surface area contributed by atoms with Gasteiger partial charge >= 0.3 is 5.97 Å². The summed E-state index contributed by atoms with van der Waals surface area (Å²) < 4.78 is 6.04. The zero-order valence-electron chi connectivity index (χ0n) is 13.4. The van der Waals surface area contributed by atoms with Gasteiger partial charge in [0.2, 0.25) is 0 Å². The van der Waals surface area contributed by atoms with E-state index >= 15 is 0 Å². The van der Waals surface area contributed by atoms with Crippen LogP contribution >= 0.6 is 27.5 Å². The highest BCUT2D eigenvalue weighted by molar-refractivity contribution is 9.10. The summed E-state index contributed by atoms with van der Waals surface area (Å²) in [6.45, 7) is 2.03. The Morgan fingerprint density at radius 3 is 2.60 bits per heavy atom. The van der Waals surface area contributed by atoms with Crippen LogP contribution in [0.15, 0.2) is 59.2 Å². The molecule has 3 rings (SSSR count). The number of carbonyl (C=O) groups is 1. The Bertz CT molecular complexity index is 914. The van der Waals surface area contributed by atoms with Crippen molar-refractivity contribution in [3.8, 4) is 22.5 Å². The number of nitrogens with zero attached hydrogens (tertiary/aromatic N) is 2. The van der Waals surface area contributed by atoms with E-state index in [1.165, 1.54) is 0 Å². The van der Waals surface area contributed by atoms with Gasteiger partial charge in [0.25, 0.3) is 0 Å². The quantitative estimate of drug-likeness (QED) is 0.533. The van der Waals surface area contributed by atoms with Crippen LogP contribution in [-0.4, -0.2) is 22.5 Å². The Morgan fingerprint density at radius 2 is 1.92 bits per heavy atom. The second kappa shape index (κ2) is 7.76. The summed E-state index contributed by atoms with van der Waals surface area (Å²) in [6, 6.07) is 14.9. The lowest BCUT2D eigenvalue weighted by atomic mass is 10.1. The van der Waals surface area contributed by atoms with Crippen molar-refractivity contribution >= 4 is 33.5 Å². The van der Waals surface area contributed by atoms with Crippen LogP contribution in [-0.2, 0) is 4.74 Å². The first-order valence-corrected chi connectivity index (χ1v) is 8.81. The van der Waals surface area contributed by atoms with Crippen molar-refractivity contribution in [3.05, 3.63) is 69.9 Å². The summed E-state index contributed by atoms with van der Waals surface area (Å²) in [7, 11) is 0. The van der Waals surface area contributed by atoms with E-state index in [1.807, 2.05) is 36.4 Å². The largest absolute Gasteiger partial charge is 0.461 e. The molecular weight excluding hydrogens is 404 g/mol. The average Bonchev–Trinajstić information content (AvgIpc) is 2.62. The number of esters is 1.